The monoisotopic (exact) mass is 382 g/mol. The lowest BCUT2D eigenvalue weighted by atomic mass is 9.96. The lowest BCUT2D eigenvalue weighted by Crippen LogP contribution is -2.44. The minimum absolute atomic E-state index is 0.0833. The molecule has 0 fully saturated rings. The van der Waals surface area contributed by atoms with Crippen molar-refractivity contribution in [2.75, 3.05) is 11.9 Å². The van der Waals surface area contributed by atoms with Crippen LogP contribution in [-0.4, -0.2) is 23.2 Å². The van der Waals surface area contributed by atoms with Gasteiger partial charge in [-0.2, -0.15) is 0 Å². The second-order valence-corrected chi connectivity index (χ2v) is 8.67. The van der Waals surface area contributed by atoms with E-state index in [1.165, 1.54) is 29.7 Å². The summed E-state index contributed by atoms with van der Waals surface area (Å²) in [6, 6.07) is 0. The van der Waals surface area contributed by atoms with Crippen molar-refractivity contribution in [3.8, 4) is 0 Å². The van der Waals surface area contributed by atoms with Gasteiger partial charge in [-0.15, -0.1) is 11.3 Å². The quantitative estimate of drug-likeness (QED) is 0.551. The SMILES string of the molecule is CCOC(=O)c1c(NC(=S)NC(C)(C)CC)sc2c1CCCCCC2. The zero-order valence-corrected chi connectivity index (χ0v) is 17.4. The number of ether oxygens (including phenoxy) is 1. The molecule has 25 heavy (non-hydrogen) atoms. The van der Waals surface area contributed by atoms with Gasteiger partial charge in [0.05, 0.1) is 12.2 Å². The first-order valence-electron chi connectivity index (χ1n) is 9.28. The maximum absolute atomic E-state index is 12.6. The van der Waals surface area contributed by atoms with Gasteiger partial charge in [0.25, 0.3) is 0 Å². The van der Waals surface area contributed by atoms with E-state index in [-0.39, 0.29) is 11.5 Å². The molecule has 1 aliphatic carbocycles. The van der Waals surface area contributed by atoms with E-state index in [1.54, 1.807) is 11.3 Å². The molecule has 2 rings (SSSR count). The number of thiophene rings is 1. The van der Waals surface area contributed by atoms with E-state index in [0.29, 0.717) is 17.3 Å². The van der Waals surface area contributed by atoms with Crippen LogP contribution >= 0.6 is 23.6 Å². The second kappa shape index (κ2) is 8.99. The topological polar surface area (TPSA) is 50.4 Å². The summed E-state index contributed by atoms with van der Waals surface area (Å²) in [5.41, 5.74) is 1.78. The highest BCUT2D eigenvalue weighted by molar-refractivity contribution is 7.80. The largest absolute Gasteiger partial charge is 0.462 e. The summed E-state index contributed by atoms with van der Waals surface area (Å²) < 4.78 is 5.33. The van der Waals surface area contributed by atoms with Gasteiger partial charge >= 0.3 is 5.97 Å². The smallest absolute Gasteiger partial charge is 0.341 e. The van der Waals surface area contributed by atoms with Crippen LogP contribution in [0.2, 0.25) is 0 Å². The Morgan fingerprint density at radius 3 is 2.52 bits per heavy atom. The van der Waals surface area contributed by atoms with Gasteiger partial charge in [-0.05, 0) is 70.7 Å². The van der Waals surface area contributed by atoms with Crippen molar-refractivity contribution < 1.29 is 9.53 Å². The number of aryl methyl sites for hydroxylation is 1. The first kappa shape index (κ1) is 20.2. The number of esters is 1. The molecule has 0 atom stereocenters. The number of carbonyl (C=O) groups is 1. The first-order chi connectivity index (χ1) is 11.9. The van der Waals surface area contributed by atoms with Crippen LogP contribution in [0.4, 0.5) is 5.00 Å². The lowest BCUT2D eigenvalue weighted by molar-refractivity contribution is 0.0526. The average Bonchev–Trinajstić information content (AvgIpc) is 2.83. The molecule has 0 aromatic carbocycles. The number of hydrogen-bond acceptors (Lipinski definition) is 4. The van der Waals surface area contributed by atoms with Gasteiger partial charge in [0.2, 0.25) is 0 Å². The Morgan fingerprint density at radius 1 is 1.20 bits per heavy atom. The minimum atomic E-state index is -0.236. The Labute approximate surface area is 160 Å². The second-order valence-electron chi connectivity index (χ2n) is 7.16. The molecule has 6 heteroatoms. The molecular formula is C19H30N2O2S2. The van der Waals surface area contributed by atoms with E-state index in [0.717, 1.165) is 30.7 Å². The predicted molar refractivity (Wildman–Crippen MR) is 110 cm³/mol. The highest BCUT2D eigenvalue weighted by Crippen LogP contribution is 2.37. The molecule has 1 aliphatic rings. The van der Waals surface area contributed by atoms with Crippen LogP contribution in [0.25, 0.3) is 0 Å². The first-order valence-corrected chi connectivity index (χ1v) is 10.5. The Hall–Kier alpha value is -1.14. The van der Waals surface area contributed by atoms with Crippen LogP contribution in [0, 0.1) is 0 Å². The van der Waals surface area contributed by atoms with Crippen LogP contribution in [0.1, 0.15) is 80.6 Å². The molecule has 0 saturated carbocycles. The number of thiocarbonyl (C=S) groups is 1. The van der Waals surface area contributed by atoms with Gasteiger partial charge in [0, 0.05) is 10.4 Å². The maximum atomic E-state index is 12.6. The Balaban J connectivity index is 2.30. The molecule has 1 aromatic heterocycles. The molecule has 0 radical (unpaired) electrons. The highest BCUT2D eigenvalue weighted by atomic mass is 32.1. The van der Waals surface area contributed by atoms with Crippen LogP contribution in [0.5, 0.6) is 0 Å². The summed E-state index contributed by atoms with van der Waals surface area (Å²) in [6.07, 6.45) is 7.74. The van der Waals surface area contributed by atoms with Crippen LogP contribution < -0.4 is 10.6 Å². The zero-order chi connectivity index (χ0) is 18.4. The fourth-order valence-corrected chi connectivity index (χ4v) is 4.68. The number of rotatable bonds is 5. The van der Waals surface area contributed by atoms with Crippen molar-refractivity contribution in [3.05, 3.63) is 16.0 Å². The van der Waals surface area contributed by atoms with Gasteiger partial charge in [-0.1, -0.05) is 19.8 Å². The molecule has 0 amide bonds. The van der Waals surface area contributed by atoms with Crippen molar-refractivity contribution >= 4 is 39.6 Å². The van der Waals surface area contributed by atoms with Gasteiger partial charge < -0.3 is 15.4 Å². The standard InChI is InChI=1S/C19H30N2O2S2/c1-5-19(3,4)21-18(24)20-16-15(17(22)23-6-2)13-11-9-7-8-10-12-14(13)25-16/h5-12H2,1-4H3,(H2,20,21,24). The summed E-state index contributed by atoms with van der Waals surface area (Å²) in [7, 11) is 0. The molecule has 140 valence electrons. The number of anilines is 1. The molecule has 0 bridgehead atoms. The number of nitrogens with one attached hydrogen (secondary N) is 2. The van der Waals surface area contributed by atoms with E-state index in [4.69, 9.17) is 17.0 Å². The molecule has 1 heterocycles. The third-order valence-corrected chi connectivity index (χ3v) is 6.13. The Kier molecular flexibility index (Phi) is 7.25. The molecule has 1 aromatic rings. The van der Waals surface area contributed by atoms with Crippen LogP contribution in [0.3, 0.4) is 0 Å². The fourth-order valence-electron chi connectivity index (χ4n) is 2.96. The molecule has 0 saturated heterocycles. The van der Waals surface area contributed by atoms with Crippen LogP contribution in [-0.2, 0) is 17.6 Å². The summed E-state index contributed by atoms with van der Waals surface area (Å²) in [5.74, 6) is -0.236. The third-order valence-electron chi connectivity index (χ3n) is 4.71. The molecular weight excluding hydrogens is 352 g/mol. The molecule has 0 spiro atoms. The maximum Gasteiger partial charge on any atom is 0.341 e. The van der Waals surface area contributed by atoms with E-state index in [9.17, 15) is 4.79 Å². The van der Waals surface area contributed by atoms with Gasteiger partial charge in [-0.3, -0.25) is 0 Å². The lowest BCUT2D eigenvalue weighted by Gasteiger charge is -2.26. The third kappa shape index (κ3) is 5.42. The van der Waals surface area contributed by atoms with Gasteiger partial charge in [0.15, 0.2) is 5.11 Å². The molecule has 0 aliphatic heterocycles. The van der Waals surface area contributed by atoms with Crippen molar-refractivity contribution in [2.24, 2.45) is 0 Å². The summed E-state index contributed by atoms with van der Waals surface area (Å²) in [5, 5.41) is 8.00. The molecule has 4 nitrogen and oxygen atoms in total. The van der Waals surface area contributed by atoms with Crippen molar-refractivity contribution in [1.29, 1.82) is 0 Å². The number of carbonyl (C=O) groups excluding carboxylic acids is 1. The summed E-state index contributed by atoms with van der Waals surface area (Å²) in [4.78, 5) is 13.9. The van der Waals surface area contributed by atoms with Gasteiger partial charge in [0.1, 0.15) is 5.00 Å². The van der Waals surface area contributed by atoms with E-state index < -0.39 is 0 Å². The predicted octanol–water partition coefficient (Wildman–Crippen LogP) is 5.06. The summed E-state index contributed by atoms with van der Waals surface area (Å²) >= 11 is 7.15. The van der Waals surface area contributed by atoms with Crippen molar-refractivity contribution in [1.82, 2.24) is 5.32 Å². The van der Waals surface area contributed by atoms with Crippen LogP contribution in [0.15, 0.2) is 0 Å². The fraction of sp³-hybridized carbons (Fsp3) is 0.684. The van der Waals surface area contributed by atoms with E-state index >= 15 is 0 Å². The van der Waals surface area contributed by atoms with Crippen molar-refractivity contribution in [2.45, 2.75) is 78.2 Å². The van der Waals surface area contributed by atoms with Crippen molar-refractivity contribution in [3.63, 3.8) is 0 Å². The zero-order valence-electron chi connectivity index (χ0n) is 15.8. The average molecular weight is 383 g/mol. The van der Waals surface area contributed by atoms with E-state index in [2.05, 4.69) is 31.4 Å². The highest BCUT2D eigenvalue weighted by Gasteiger charge is 2.26. The number of hydrogen-bond donors (Lipinski definition) is 2. The summed E-state index contributed by atoms with van der Waals surface area (Å²) in [6.45, 7) is 8.57. The van der Waals surface area contributed by atoms with Gasteiger partial charge in [-0.25, -0.2) is 4.79 Å². The number of fused-ring (bicyclic) bond motifs is 1. The Bertz CT molecular complexity index is 623. The minimum Gasteiger partial charge on any atom is -0.462 e. The normalized spacial score (nSPS) is 14.9. The molecule has 0 unspecified atom stereocenters. The van der Waals surface area contributed by atoms with E-state index in [1.807, 2.05) is 6.92 Å². The Morgan fingerprint density at radius 2 is 1.88 bits per heavy atom. The molecule has 2 N–H and O–H groups in total.